The molecule has 1 unspecified atom stereocenters. The first-order chi connectivity index (χ1) is 8.84. The van der Waals surface area contributed by atoms with Gasteiger partial charge in [-0.1, -0.05) is 12.1 Å². The van der Waals surface area contributed by atoms with Crippen molar-refractivity contribution in [3.05, 3.63) is 41.2 Å². The molecule has 1 aromatic heterocycles. The summed E-state index contributed by atoms with van der Waals surface area (Å²) >= 11 is 1.46. The van der Waals surface area contributed by atoms with Gasteiger partial charge in [0.05, 0.1) is 24.9 Å². The van der Waals surface area contributed by atoms with Gasteiger partial charge in [-0.05, 0) is 12.1 Å². The zero-order valence-electron chi connectivity index (χ0n) is 9.73. The van der Waals surface area contributed by atoms with Crippen LogP contribution in [0.5, 0.6) is 0 Å². The van der Waals surface area contributed by atoms with Gasteiger partial charge in [0.15, 0.2) is 0 Å². The maximum atomic E-state index is 13.7. The molecule has 0 radical (unpaired) electrons. The third-order valence-electron chi connectivity index (χ3n) is 2.90. The molecule has 18 heavy (non-hydrogen) atoms. The maximum absolute atomic E-state index is 13.7. The molecule has 0 saturated carbocycles. The van der Waals surface area contributed by atoms with Crippen molar-refractivity contribution in [2.75, 3.05) is 19.8 Å². The Morgan fingerprint density at radius 3 is 3.06 bits per heavy atom. The molecule has 94 valence electrons. The molecule has 2 aromatic rings. The van der Waals surface area contributed by atoms with Gasteiger partial charge in [-0.2, -0.15) is 0 Å². The second-order valence-corrected chi connectivity index (χ2v) is 5.00. The molecule has 1 fully saturated rings. The van der Waals surface area contributed by atoms with Gasteiger partial charge in [-0.25, -0.2) is 9.37 Å². The van der Waals surface area contributed by atoms with Gasteiger partial charge in [0, 0.05) is 17.5 Å². The fourth-order valence-corrected chi connectivity index (χ4v) is 2.86. The number of nitrogens with one attached hydrogen (secondary N) is 1. The number of morpholine rings is 1. The Kier molecular flexibility index (Phi) is 3.36. The molecule has 1 aliphatic rings. The molecule has 0 bridgehead atoms. The minimum absolute atomic E-state index is 0.121. The number of hydrogen-bond donors (Lipinski definition) is 1. The van der Waals surface area contributed by atoms with E-state index >= 15 is 0 Å². The van der Waals surface area contributed by atoms with E-state index in [1.54, 1.807) is 12.1 Å². The number of halogens is 1. The van der Waals surface area contributed by atoms with Crippen molar-refractivity contribution in [2.24, 2.45) is 0 Å². The van der Waals surface area contributed by atoms with Crippen LogP contribution in [0.4, 0.5) is 4.39 Å². The monoisotopic (exact) mass is 264 g/mol. The largest absolute Gasteiger partial charge is 0.378 e. The Hall–Kier alpha value is -1.30. The highest BCUT2D eigenvalue weighted by Crippen LogP contribution is 2.28. The van der Waals surface area contributed by atoms with Gasteiger partial charge in [0.1, 0.15) is 10.8 Å². The summed E-state index contributed by atoms with van der Waals surface area (Å²) in [6, 6.07) is 6.84. The topological polar surface area (TPSA) is 34.1 Å². The van der Waals surface area contributed by atoms with Crippen LogP contribution >= 0.6 is 11.3 Å². The van der Waals surface area contributed by atoms with Crippen LogP contribution in [-0.2, 0) is 4.74 Å². The number of benzene rings is 1. The predicted octanol–water partition coefficient (Wildman–Crippen LogP) is 2.61. The lowest BCUT2D eigenvalue weighted by molar-refractivity contribution is 0.0758. The van der Waals surface area contributed by atoms with Crippen molar-refractivity contribution in [1.82, 2.24) is 10.3 Å². The minimum Gasteiger partial charge on any atom is -0.378 e. The highest BCUT2D eigenvalue weighted by molar-refractivity contribution is 7.13. The number of rotatable bonds is 2. The molecular formula is C13H13FN2OS. The number of nitrogens with zero attached hydrogens (tertiary/aromatic N) is 1. The Labute approximate surface area is 109 Å². The van der Waals surface area contributed by atoms with Crippen molar-refractivity contribution in [3.8, 4) is 10.6 Å². The summed E-state index contributed by atoms with van der Waals surface area (Å²) in [6.07, 6.45) is 0. The zero-order chi connectivity index (χ0) is 12.4. The van der Waals surface area contributed by atoms with E-state index in [1.165, 1.54) is 17.4 Å². The first kappa shape index (κ1) is 11.8. The van der Waals surface area contributed by atoms with E-state index in [0.717, 1.165) is 23.9 Å². The van der Waals surface area contributed by atoms with Crippen LogP contribution < -0.4 is 5.32 Å². The van der Waals surface area contributed by atoms with Gasteiger partial charge >= 0.3 is 0 Å². The highest BCUT2D eigenvalue weighted by atomic mass is 32.1. The van der Waals surface area contributed by atoms with Crippen molar-refractivity contribution in [3.63, 3.8) is 0 Å². The highest BCUT2D eigenvalue weighted by Gasteiger charge is 2.19. The minimum atomic E-state index is -0.230. The molecule has 0 aliphatic carbocycles. The normalized spacial score (nSPS) is 19.9. The summed E-state index contributed by atoms with van der Waals surface area (Å²) in [5.74, 6) is -0.230. The fourth-order valence-electron chi connectivity index (χ4n) is 1.96. The van der Waals surface area contributed by atoms with Gasteiger partial charge in [0.25, 0.3) is 0 Å². The SMILES string of the molecule is Fc1ccccc1-c1nc(C2COCCN2)cs1. The molecule has 1 N–H and O–H groups in total. The molecule has 1 saturated heterocycles. The zero-order valence-corrected chi connectivity index (χ0v) is 10.5. The number of aromatic nitrogens is 1. The summed E-state index contributed by atoms with van der Waals surface area (Å²) in [5.41, 5.74) is 1.49. The van der Waals surface area contributed by atoms with Crippen molar-refractivity contribution < 1.29 is 9.13 Å². The Morgan fingerprint density at radius 2 is 2.28 bits per heavy atom. The first-order valence-electron chi connectivity index (χ1n) is 5.86. The van der Waals surface area contributed by atoms with Crippen LogP contribution in [0.25, 0.3) is 10.6 Å². The molecule has 3 nitrogen and oxygen atoms in total. The molecule has 3 rings (SSSR count). The molecule has 1 aromatic carbocycles. The molecule has 0 amide bonds. The average molecular weight is 264 g/mol. The number of hydrogen-bond acceptors (Lipinski definition) is 4. The lowest BCUT2D eigenvalue weighted by atomic mass is 10.2. The summed E-state index contributed by atoms with van der Waals surface area (Å²) in [7, 11) is 0. The molecule has 1 aliphatic heterocycles. The Balaban J connectivity index is 1.87. The molecule has 0 spiro atoms. The lowest BCUT2D eigenvalue weighted by Gasteiger charge is -2.21. The van der Waals surface area contributed by atoms with Crippen molar-refractivity contribution >= 4 is 11.3 Å². The first-order valence-corrected chi connectivity index (χ1v) is 6.74. The van der Waals surface area contributed by atoms with Gasteiger partial charge in [0.2, 0.25) is 0 Å². The fraction of sp³-hybridized carbons (Fsp3) is 0.308. The van der Waals surface area contributed by atoms with Gasteiger partial charge in [-0.3, -0.25) is 0 Å². The maximum Gasteiger partial charge on any atom is 0.133 e. The second-order valence-electron chi connectivity index (χ2n) is 4.14. The van der Waals surface area contributed by atoms with Crippen LogP contribution in [0.15, 0.2) is 29.6 Å². The third kappa shape index (κ3) is 2.29. The summed E-state index contributed by atoms with van der Waals surface area (Å²) < 4.78 is 19.1. The van der Waals surface area contributed by atoms with Crippen LogP contribution in [0.1, 0.15) is 11.7 Å². The summed E-state index contributed by atoms with van der Waals surface area (Å²) in [5, 5.41) is 6.02. The Bertz CT molecular complexity index is 537. The average Bonchev–Trinajstić information content (AvgIpc) is 2.90. The predicted molar refractivity (Wildman–Crippen MR) is 69.1 cm³/mol. The second kappa shape index (κ2) is 5.14. The van der Waals surface area contributed by atoms with Gasteiger partial charge in [-0.15, -0.1) is 11.3 Å². The van der Waals surface area contributed by atoms with E-state index in [9.17, 15) is 4.39 Å². The van der Waals surface area contributed by atoms with Gasteiger partial charge < -0.3 is 10.1 Å². The van der Waals surface area contributed by atoms with Crippen molar-refractivity contribution in [2.45, 2.75) is 6.04 Å². The van der Waals surface area contributed by atoms with Crippen LogP contribution in [0.3, 0.4) is 0 Å². The molecule has 5 heteroatoms. The molecule has 2 heterocycles. The summed E-state index contributed by atoms with van der Waals surface area (Å²) in [6.45, 7) is 2.19. The van der Waals surface area contributed by atoms with E-state index in [2.05, 4.69) is 10.3 Å². The van der Waals surface area contributed by atoms with Crippen LogP contribution in [0, 0.1) is 5.82 Å². The van der Waals surface area contributed by atoms with E-state index in [-0.39, 0.29) is 11.9 Å². The number of thiazole rings is 1. The molecular weight excluding hydrogens is 251 g/mol. The summed E-state index contributed by atoms with van der Waals surface area (Å²) in [4.78, 5) is 4.50. The quantitative estimate of drug-likeness (QED) is 0.905. The van der Waals surface area contributed by atoms with Crippen LogP contribution in [0.2, 0.25) is 0 Å². The third-order valence-corrected chi connectivity index (χ3v) is 3.80. The Morgan fingerprint density at radius 1 is 1.39 bits per heavy atom. The van der Waals surface area contributed by atoms with E-state index in [4.69, 9.17) is 4.74 Å². The van der Waals surface area contributed by atoms with Crippen LogP contribution in [-0.4, -0.2) is 24.7 Å². The smallest absolute Gasteiger partial charge is 0.133 e. The van der Waals surface area contributed by atoms with E-state index < -0.39 is 0 Å². The molecule has 1 atom stereocenters. The van der Waals surface area contributed by atoms with E-state index in [0.29, 0.717) is 12.2 Å². The lowest BCUT2D eigenvalue weighted by Crippen LogP contribution is -2.34. The standard InChI is InChI=1S/C13H13FN2OS/c14-10-4-2-1-3-9(10)13-16-12(8-18-13)11-7-17-6-5-15-11/h1-4,8,11,15H,5-7H2. The number of ether oxygens (including phenoxy) is 1. The van der Waals surface area contributed by atoms with E-state index in [1.807, 2.05) is 11.4 Å². The van der Waals surface area contributed by atoms with Crippen molar-refractivity contribution in [1.29, 1.82) is 0 Å².